The summed E-state index contributed by atoms with van der Waals surface area (Å²) in [6.45, 7) is 10.0. The van der Waals surface area contributed by atoms with E-state index in [1.165, 1.54) is 10.5 Å². The highest BCUT2D eigenvalue weighted by molar-refractivity contribution is 5.95. The number of cyclic esters (lactones) is 1. The summed E-state index contributed by atoms with van der Waals surface area (Å²) in [7, 11) is 3.35. The first-order valence-corrected chi connectivity index (χ1v) is 15.2. The van der Waals surface area contributed by atoms with Gasteiger partial charge in [-0.1, -0.05) is 76.2 Å². The van der Waals surface area contributed by atoms with Crippen LogP contribution in [-0.4, -0.2) is 57.0 Å². The van der Waals surface area contributed by atoms with E-state index in [4.69, 9.17) is 18.9 Å². The molecule has 0 spiro atoms. The Bertz CT molecular complexity index is 1150. The van der Waals surface area contributed by atoms with Crippen LogP contribution in [0.3, 0.4) is 0 Å². The van der Waals surface area contributed by atoms with E-state index in [0.29, 0.717) is 37.9 Å². The minimum Gasteiger partial charge on any atom is -0.493 e. The Hall–Kier alpha value is -3.32. The molecule has 0 bridgehead atoms. The monoisotopic (exact) mass is 579 g/mol. The molecule has 3 rings (SSSR count). The number of ether oxygens (including phenoxy) is 4. The molecule has 2 amide bonds. The van der Waals surface area contributed by atoms with E-state index in [2.05, 4.69) is 38.1 Å². The molecule has 0 aliphatic carbocycles. The minimum absolute atomic E-state index is 0.0930. The van der Waals surface area contributed by atoms with Crippen molar-refractivity contribution in [1.82, 2.24) is 4.90 Å². The number of carbonyl (C=O) groups excluding carboxylic acids is 2. The quantitative estimate of drug-likeness (QED) is 0.147. The van der Waals surface area contributed by atoms with Gasteiger partial charge in [0, 0.05) is 26.1 Å². The Balaban J connectivity index is 1.62. The third kappa shape index (κ3) is 9.62. The maximum atomic E-state index is 13.6. The normalized spacial score (nSPS) is 16.7. The first-order chi connectivity index (χ1) is 20.2. The molecule has 7 heteroatoms. The summed E-state index contributed by atoms with van der Waals surface area (Å²) in [6.07, 6.45) is 7.59. The molecule has 0 aromatic heterocycles. The zero-order chi connectivity index (χ0) is 30.5. The van der Waals surface area contributed by atoms with Crippen LogP contribution in [0.25, 0.3) is 0 Å². The van der Waals surface area contributed by atoms with Crippen LogP contribution < -0.4 is 9.47 Å². The molecule has 230 valence electrons. The van der Waals surface area contributed by atoms with Crippen LogP contribution in [0.4, 0.5) is 4.79 Å². The van der Waals surface area contributed by atoms with Gasteiger partial charge in [-0.05, 0) is 66.7 Å². The number of hydrogen-bond acceptors (Lipinski definition) is 6. The zero-order valence-electron chi connectivity index (χ0n) is 26.2. The molecule has 2 aromatic rings. The van der Waals surface area contributed by atoms with Crippen molar-refractivity contribution in [2.24, 2.45) is 23.7 Å². The lowest BCUT2D eigenvalue weighted by molar-refractivity contribution is -0.134. The van der Waals surface area contributed by atoms with E-state index in [0.717, 1.165) is 36.3 Å². The fourth-order valence-corrected chi connectivity index (χ4v) is 5.36. The molecule has 0 N–H and O–H groups in total. The van der Waals surface area contributed by atoms with Gasteiger partial charge in [0.15, 0.2) is 11.5 Å². The molecule has 0 unspecified atom stereocenters. The molecule has 2 aromatic carbocycles. The average Bonchev–Trinajstić information content (AvgIpc) is 3.34. The SMILES string of the molecule is COCCCOc1cc(C[C@@H](C/C=C/C[C@H](C(=O)N2C(=O)OC[C@@H]2Cc2ccccc2)C(C)C)C(C)C)ccc1OC. The molecular weight excluding hydrogens is 530 g/mol. The summed E-state index contributed by atoms with van der Waals surface area (Å²) in [5, 5.41) is 0. The van der Waals surface area contributed by atoms with Crippen molar-refractivity contribution in [3.63, 3.8) is 0 Å². The zero-order valence-corrected chi connectivity index (χ0v) is 26.2. The Kier molecular flexibility index (Phi) is 13.4. The van der Waals surface area contributed by atoms with Gasteiger partial charge in [0.1, 0.15) is 6.61 Å². The molecular formula is C35H49NO6. The van der Waals surface area contributed by atoms with E-state index in [1.54, 1.807) is 14.2 Å². The average molecular weight is 580 g/mol. The first-order valence-electron chi connectivity index (χ1n) is 15.2. The van der Waals surface area contributed by atoms with Gasteiger partial charge >= 0.3 is 6.09 Å². The van der Waals surface area contributed by atoms with Crippen LogP contribution in [0.5, 0.6) is 11.5 Å². The van der Waals surface area contributed by atoms with Crippen LogP contribution in [-0.2, 0) is 27.1 Å². The number of carbonyl (C=O) groups is 2. The smallest absolute Gasteiger partial charge is 0.416 e. The summed E-state index contributed by atoms with van der Waals surface area (Å²) in [6, 6.07) is 15.8. The van der Waals surface area contributed by atoms with Crippen molar-refractivity contribution < 1.29 is 28.5 Å². The number of amides is 2. The molecule has 1 saturated heterocycles. The predicted molar refractivity (Wildman–Crippen MR) is 166 cm³/mol. The number of nitrogens with zero attached hydrogens (tertiary/aromatic N) is 1. The lowest BCUT2D eigenvalue weighted by atomic mass is 9.85. The van der Waals surface area contributed by atoms with Gasteiger partial charge in [0.05, 0.1) is 19.8 Å². The van der Waals surface area contributed by atoms with Crippen LogP contribution in [0.1, 0.15) is 58.1 Å². The third-order valence-electron chi connectivity index (χ3n) is 8.05. The number of imide groups is 1. The molecule has 1 heterocycles. The molecule has 1 fully saturated rings. The lowest BCUT2D eigenvalue weighted by Crippen LogP contribution is -2.44. The third-order valence-corrected chi connectivity index (χ3v) is 8.05. The van der Waals surface area contributed by atoms with Crippen molar-refractivity contribution in [3.8, 4) is 11.5 Å². The number of rotatable bonds is 17. The fourth-order valence-electron chi connectivity index (χ4n) is 5.36. The van der Waals surface area contributed by atoms with Gasteiger partial charge in [-0.15, -0.1) is 0 Å². The Labute approximate surface area is 252 Å². The second-order valence-electron chi connectivity index (χ2n) is 11.8. The van der Waals surface area contributed by atoms with Crippen molar-refractivity contribution in [2.75, 3.05) is 34.0 Å². The number of benzene rings is 2. The van der Waals surface area contributed by atoms with Gasteiger partial charge in [-0.25, -0.2) is 9.69 Å². The van der Waals surface area contributed by atoms with Crippen molar-refractivity contribution in [2.45, 2.75) is 65.8 Å². The van der Waals surface area contributed by atoms with Gasteiger partial charge in [0.25, 0.3) is 0 Å². The molecule has 1 aliphatic rings. The van der Waals surface area contributed by atoms with E-state index < -0.39 is 6.09 Å². The molecule has 0 saturated carbocycles. The summed E-state index contributed by atoms with van der Waals surface area (Å²) in [5.74, 6) is 2.05. The van der Waals surface area contributed by atoms with E-state index in [9.17, 15) is 9.59 Å². The summed E-state index contributed by atoms with van der Waals surface area (Å²) >= 11 is 0. The van der Waals surface area contributed by atoms with Crippen LogP contribution >= 0.6 is 0 Å². The van der Waals surface area contributed by atoms with Crippen molar-refractivity contribution >= 4 is 12.0 Å². The maximum Gasteiger partial charge on any atom is 0.416 e. The molecule has 3 atom stereocenters. The Morgan fingerprint density at radius 1 is 0.952 bits per heavy atom. The summed E-state index contributed by atoms with van der Waals surface area (Å²) < 4.78 is 21.9. The highest BCUT2D eigenvalue weighted by atomic mass is 16.6. The number of allylic oxidation sites excluding steroid dienone is 2. The van der Waals surface area contributed by atoms with Gasteiger partial charge in [-0.3, -0.25) is 4.79 Å². The first kappa shape index (κ1) is 33.2. The molecule has 42 heavy (non-hydrogen) atoms. The van der Waals surface area contributed by atoms with Crippen molar-refractivity contribution in [1.29, 1.82) is 0 Å². The second-order valence-corrected chi connectivity index (χ2v) is 11.8. The summed E-state index contributed by atoms with van der Waals surface area (Å²) in [5.41, 5.74) is 2.29. The molecule has 7 nitrogen and oxygen atoms in total. The second kappa shape index (κ2) is 17.0. The fraction of sp³-hybridized carbons (Fsp3) is 0.543. The maximum absolute atomic E-state index is 13.6. The Morgan fingerprint density at radius 2 is 1.69 bits per heavy atom. The highest BCUT2D eigenvalue weighted by Crippen LogP contribution is 2.31. The number of methoxy groups -OCH3 is 2. The van der Waals surface area contributed by atoms with Crippen LogP contribution in [0, 0.1) is 23.7 Å². The predicted octanol–water partition coefficient (Wildman–Crippen LogP) is 7.12. The van der Waals surface area contributed by atoms with Gasteiger partial charge in [-0.2, -0.15) is 0 Å². The molecule has 0 radical (unpaired) electrons. The minimum atomic E-state index is -0.531. The largest absolute Gasteiger partial charge is 0.493 e. The van der Waals surface area contributed by atoms with Gasteiger partial charge in [0.2, 0.25) is 5.91 Å². The van der Waals surface area contributed by atoms with Crippen LogP contribution in [0.2, 0.25) is 0 Å². The van der Waals surface area contributed by atoms with Gasteiger partial charge < -0.3 is 18.9 Å². The summed E-state index contributed by atoms with van der Waals surface area (Å²) in [4.78, 5) is 27.6. The standard InChI is InChI=1S/C35H49NO6/c1-25(2)29(21-28-17-18-32(40-6)33(23-28)41-20-12-19-39-5)15-10-11-16-31(26(3)4)34(37)36-30(24-42-35(36)38)22-27-13-8-7-9-14-27/h7-11,13-14,17-18,23,25-26,29-31H,12,15-16,19-22,24H2,1-6H3/b11-10+/t29-,30+,31+/m1/s1. The van der Waals surface area contributed by atoms with Crippen LogP contribution in [0.15, 0.2) is 60.7 Å². The van der Waals surface area contributed by atoms with E-state index in [1.807, 2.05) is 50.2 Å². The molecule has 1 aliphatic heterocycles. The Morgan fingerprint density at radius 3 is 2.36 bits per heavy atom. The van der Waals surface area contributed by atoms with E-state index in [-0.39, 0.29) is 30.4 Å². The lowest BCUT2D eigenvalue weighted by Gasteiger charge is -2.26. The topological polar surface area (TPSA) is 74.3 Å². The highest BCUT2D eigenvalue weighted by Gasteiger charge is 2.41. The van der Waals surface area contributed by atoms with Crippen molar-refractivity contribution in [3.05, 3.63) is 71.8 Å². The number of hydrogen-bond donors (Lipinski definition) is 0. The van der Waals surface area contributed by atoms with E-state index >= 15 is 0 Å².